The van der Waals surface area contributed by atoms with Gasteiger partial charge in [0.15, 0.2) is 0 Å². The minimum Gasteiger partial charge on any atom is -0.378 e. The van der Waals surface area contributed by atoms with Crippen LogP contribution in [-0.2, 0) is 11.3 Å². The molecule has 3 aliphatic rings. The highest BCUT2D eigenvalue weighted by Gasteiger charge is 2.44. The molecule has 2 aromatic heterocycles. The zero-order valence-electron chi connectivity index (χ0n) is 15.9. The van der Waals surface area contributed by atoms with E-state index in [2.05, 4.69) is 33.9 Å². The lowest BCUT2D eigenvalue weighted by Gasteiger charge is -2.53. The van der Waals surface area contributed by atoms with Crippen LogP contribution in [0.15, 0.2) is 12.1 Å². The number of aromatic nitrogens is 1. The van der Waals surface area contributed by atoms with Gasteiger partial charge in [0.05, 0.1) is 23.2 Å². The minimum absolute atomic E-state index is 0.565. The fraction of sp³-hybridized carbons (Fsp3) is 0.650. The Morgan fingerprint density at radius 1 is 1.15 bits per heavy atom. The molecule has 5 nitrogen and oxygen atoms in total. The number of fused-ring (bicyclic) bond motifs is 1. The van der Waals surface area contributed by atoms with E-state index in [1.807, 2.05) is 0 Å². The average Bonchev–Trinajstić information content (AvgIpc) is 3.02. The van der Waals surface area contributed by atoms with Gasteiger partial charge in [0.2, 0.25) is 0 Å². The molecular weight excluding hydrogens is 380 g/mol. The van der Waals surface area contributed by atoms with Gasteiger partial charge in [-0.3, -0.25) is 4.90 Å². The second-order valence-electron chi connectivity index (χ2n) is 8.45. The Morgan fingerprint density at radius 2 is 1.89 bits per heavy atom. The molecule has 0 aliphatic carbocycles. The molecule has 1 spiro atoms. The lowest BCUT2D eigenvalue weighted by Crippen LogP contribution is -2.59. The van der Waals surface area contributed by atoms with Crippen molar-refractivity contribution >= 4 is 38.8 Å². The van der Waals surface area contributed by atoms with Crippen LogP contribution < -0.4 is 4.90 Å². The number of likely N-dealkylation sites (tertiary alicyclic amines) is 2. The molecule has 3 fully saturated rings. The molecule has 3 aliphatic heterocycles. The van der Waals surface area contributed by atoms with E-state index in [0.717, 1.165) is 43.0 Å². The van der Waals surface area contributed by atoms with Crippen LogP contribution in [-0.4, -0.2) is 74.3 Å². The highest BCUT2D eigenvalue weighted by atomic mass is 35.5. The number of anilines is 1. The molecule has 0 atom stereocenters. The number of piperidine rings is 1. The minimum atomic E-state index is 0.565. The Morgan fingerprint density at radius 3 is 2.63 bits per heavy atom. The van der Waals surface area contributed by atoms with Gasteiger partial charge in [0, 0.05) is 42.8 Å². The van der Waals surface area contributed by atoms with Crippen molar-refractivity contribution in [3.8, 4) is 0 Å². The molecule has 0 aromatic carbocycles. The Balaban J connectivity index is 1.35. The first-order valence-corrected chi connectivity index (χ1v) is 11.1. The number of rotatable bonds is 3. The van der Waals surface area contributed by atoms with Gasteiger partial charge < -0.3 is 14.5 Å². The summed E-state index contributed by atoms with van der Waals surface area (Å²) in [5.74, 6) is 1.09. The molecule has 0 saturated carbocycles. The second kappa shape index (κ2) is 7.16. The molecule has 0 bridgehead atoms. The predicted molar refractivity (Wildman–Crippen MR) is 112 cm³/mol. The molecule has 0 amide bonds. The molecule has 27 heavy (non-hydrogen) atoms. The second-order valence-corrected chi connectivity index (χ2v) is 10.2. The van der Waals surface area contributed by atoms with Gasteiger partial charge >= 0.3 is 0 Å². The van der Waals surface area contributed by atoms with Crippen molar-refractivity contribution in [3.05, 3.63) is 22.2 Å². The topological polar surface area (TPSA) is 31.8 Å². The quantitative estimate of drug-likeness (QED) is 0.780. The van der Waals surface area contributed by atoms with E-state index >= 15 is 0 Å². The number of morpholine rings is 1. The van der Waals surface area contributed by atoms with Crippen molar-refractivity contribution in [1.82, 2.24) is 14.8 Å². The van der Waals surface area contributed by atoms with E-state index in [4.69, 9.17) is 21.3 Å². The standard InChI is InChI=1S/C20H27ClN4OS/c1-23-4-2-20(3-5-23)13-24(14-20)12-15-10-17-16(11-18(21)27-17)19(22-15)25-6-8-26-9-7-25/h10-11H,2-9,12-14H2,1H3. The average molecular weight is 407 g/mol. The third-order valence-corrected chi connectivity index (χ3v) is 7.59. The summed E-state index contributed by atoms with van der Waals surface area (Å²) in [6, 6.07) is 4.32. The highest BCUT2D eigenvalue weighted by molar-refractivity contribution is 7.22. The molecule has 7 heteroatoms. The molecule has 5 heterocycles. The van der Waals surface area contributed by atoms with Crippen LogP contribution in [0.1, 0.15) is 18.5 Å². The fourth-order valence-electron chi connectivity index (χ4n) is 4.79. The van der Waals surface area contributed by atoms with Gasteiger partial charge in [-0.05, 0) is 50.5 Å². The Bertz CT molecular complexity index is 819. The molecule has 0 unspecified atom stereocenters. The van der Waals surface area contributed by atoms with Crippen molar-refractivity contribution in [2.75, 3.05) is 64.4 Å². The number of pyridine rings is 1. The van der Waals surface area contributed by atoms with Crippen LogP contribution in [0.5, 0.6) is 0 Å². The maximum Gasteiger partial charge on any atom is 0.137 e. The number of halogens is 1. The largest absolute Gasteiger partial charge is 0.378 e. The first kappa shape index (κ1) is 18.1. The first-order valence-electron chi connectivity index (χ1n) is 9.93. The Labute approximate surface area is 169 Å². The Kier molecular flexibility index (Phi) is 4.81. The molecule has 5 rings (SSSR count). The summed E-state index contributed by atoms with van der Waals surface area (Å²) in [5.41, 5.74) is 1.74. The molecular formula is C20H27ClN4OS. The summed E-state index contributed by atoms with van der Waals surface area (Å²) in [6.07, 6.45) is 2.68. The van der Waals surface area contributed by atoms with Crippen molar-refractivity contribution in [3.63, 3.8) is 0 Å². The van der Waals surface area contributed by atoms with Crippen LogP contribution in [0.3, 0.4) is 0 Å². The van der Waals surface area contributed by atoms with E-state index in [0.29, 0.717) is 5.41 Å². The van der Waals surface area contributed by atoms with E-state index in [1.54, 1.807) is 11.3 Å². The smallest absolute Gasteiger partial charge is 0.137 e. The third-order valence-electron chi connectivity index (χ3n) is 6.38. The number of hydrogen-bond acceptors (Lipinski definition) is 6. The van der Waals surface area contributed by atoms with Crippen LogP contribution in [0, 0.1) is 5.41 Å². The van der Waals surface area contributed by atoms with E-state index in [-0.39, 0.29) is 0 Å². The van der Waals surface area contributed by atoms with Crippen LogP contribution >= 0.6 is 22.9 Å². The van der Waals surface area contributed by atoms with Gasteiger partial charge in [-0.1, -0.05) is 11.6 Å². The number of nitrogens with zero attached hydrogens (tertiary/aromatic N) is 4. The van der Waals surface area contributed by atoms with Crippen LogP contribution in [0.4, 0.5) is 5.82 Å². The van der Waals surface area contributed by atoms with Crippen LogP contribution in [0.25, 0.3) is 10.1 Å². The van der Waals surface area contributed by atoms with Gasteiger partial charge in [0.1, 0.15) is 5.82 Å². The summed E-state index contributed by atoms with van der Waals surface area (Å²) >= 11 is 8.00. The van der Waals surface area contributed by atoms with Gasteiger partial charge in [-0.2, -0.15) is 0 Å². The summed E-state index contributed by atoms with van der Waals surface area (Å²) in [7, 11) is 2.24. The lowest BCUT2D eigenvalue weighted by atomic mass is 9.72. The number of hydrogen-bond donors (Lipinski definition) is 0. The maximum atomic E-state index is 6.33. The van der Waals surface area contributed by atoms with E-state index in [1.165, 1.54) is 54.8 Å². The van der Waals surface area contributed by atoms with Crippen LogP contribution in [0.2, 0.25) is 4.34 Å². The third kappa shape index (κ3) is 3.58. The van der Waals surface area contributed by atoms with Crippen molar-refractivity contribution < 1.29 is 4.74 Å². The normalized spacial score (nSPS) is 23.9. The molecule has 3 saturated heterocycles. The van der Waals surface area contributed by atoms with Crippen molar-refractivity contribution in [1.29, 1.82) is 0 Å². The molecule has 0 radical (unpaired) electrons. The first-order chi connectivity index (χ1) is 13.1. The van der Waals surface area contributed by atoms with Crippen molar-refractivity contribution in [2.45, 2.75) is 19.4 Å². The number of ether oxygens (including phenoxy) is 1. The van der Waals surface area contributed by atoms with E-state index < -0.39 is 0 Å². The molecule has 146 valence electrons. The summed E-state index contributed by atoms with van der Waals surface area (Å²) in [6.45, 7) is 9.22. The zero-order chi connectivity index (χ0) is 18.4. The highest BCUT2D eigenvalue weighted by Crippen LogP contribution is 2.41. The Hall–Kier alpha value is -0.920. The maximum absolute atomic E-state index is 6.33. The van der Waals surface area contributed by atoms with Gasteiger partial charge in [-0.25, -0.2) is 4.98 Å². The lowest BCUT2D eigenvalue weighted by molar-refractivity contribution is -0.0476. The summed E-state index contributed by atoms with van der Waals surface area (Å²) < 4.78 is 7.62. The number of thiophene rings is 1. The molecule has 0 N–H and O–H groups in total. The van der Waals surface area contributed by atoms with Gasteiger partial charge in [-0.15, -0.1) is 11.3 Å². The predicted octanol–water partition coefficient (Wildman–Crippen LogP) is 3.31. The zero-order valence-corrected chi connectivity index (χ0v) is 17.5. The monoisotopic (exact) mass is 406 g/mol. The van der Waals surface area contributed by atoms with E-state index in [9.17, 15) is 0 Å². The SMILES string of the molecule is CN1CCC2(CC1)CN(Cc1cc3sc(Cl)cc3c(N3CCOCC3)n1)C2. The van der Waals surface area contributed by atoms with Crippen molar-refractivity contribution in [2.24, 2.45) is 5.41 Å². The van der Waals surface area contributed by atoms with Gasteiger partial charge in [0.25, 0.3) is 0 Å². The summed E-state index contributed by atoms with van der Waals surface area (Å²) in [4.78, 5) is 12.5. The fourth-order valence-corrected chi connectivity index (χ4v) is 5.99. The molecule has 2 aromatic rings. The summed E-state index contributed by atoms with van der Waals surface area (Å²) in [5, 5.41) is 1.19.